The van der Waals surface area contributed by atoms with Crippen LogP contribution in [0, 0.1) is 0 Å². The molecule has 0 atom stereocenters. The van der Waals surface area contributed by atoms with Crippen LogP contribution in [0.1, 0.15) is 25.3 Å². The monoisotopic (exact) mass is 368 g/mol. The van der Waals surface area contributed by atoms with E-state index in [1.54, 1.807) is 0 Å². The van der Waals surface area contributed by atoms with Crippen molar-refractivity contribution in [1.82, 2.24) is 4.40 Å². The quantitative estimate of drug-likeness (QED) is 0.387. The molecule has 0 spiro atoms. The zero-order chi connectivity index (χ0) is 19.3. The van der Waals surface area contributed by atoms with Crippen LogP contribution in [0.4, 0.5) is 5.69 Å². The number of hydrogen-bond acceptors (Lipinski definition) is 1. The molecule has 0 saturated carbocycles. The minimum Gasteiger partial charge on any atom is -0.378 e. The van der Waals surface area contributed by atoms with Gasteiger partial charge < -0.3 is 4.90 Å². The smallest absolute Gasteiger partial charge is 0.292 e. The summed E-state index contributed by atoms with van der Waals surface area (Å²) in [5, 5.41) is 2.56. The van der Waals surface area contributed by atoms with Crippen LogP contribution >= 0.6 is 0 Å². The SMILES string of the molecule is CCCCc1ccc2c(ccc3n4c(ccc5cc(N(C)C)ccc54)c[n+]23)c1. The molecule has 3 heteroatoms. The summed E-state index contributed by atoms with van der Waals surface area (Å²) in [5.41, 5.74) is 7.57. The standard InChI is InChI=1S/C25H26N3/c1-4-5-6-18-7-12-23-19(15-18)9-14-25-27(23)17-22-10-8-20-16-21(26(2)3)11-13-24(20)28(22)25/h7-17H,4-6H2,1-3H3/q+1. The van der Waals surface area contributed by atoms with Gasteiger partial charge in [0.25, 0.3) is 5.65 Å². The maximum Gasteiger partial charge on any atom is 0.292 e. The first-order valence-corrected chi connectivity index (χ1v) is 10.1. The van der Waals surface area contributed by atoms with Crippen molar-refractivity contribution < 1.29 is 4.40 Å². The Morgan fingerprint density at radius 3 is 2.57 bits per heavy atom. The van der Waals surface area contributed by atoms with Gasteiger partial charge in [-0.2, -0.15) is 8.80 Å². The molecule has 140 valence electrons. The first-order valence-electron chi connectivity index (χ1n) is 10.1. The van der Waals surface area contributed by atoms with Crippen molar-refractivity contribution in [1.29, 1.82) is 0 Å². The van der Waals surface area contributed by atoms with Gasteiger partial charge in [-0.3, -0.25) is 0 Å². The van der Waals surface area contributed by atoms with Gasteiger partial charge in [0.15, 0.2) is 5.52 Å². The molecule has 0 aliphatic carbocycles. The highest BCUT2D eigenvalue weighted by Gasteiger charge is 2.17. The molecule has 3 heterocycles. The number of pyridine rings is 2. The summed E-state index contributed by atoms with van der Waals surface area (Å²) in [6.45, 7) is 2.25. The molecule has 0 fully saturated rings. The molecular weight excluding hydrogens is 342 g/mol. The van der Waals surface area contributed by atoms with E-state index in [4.69, 9.17) is 0 Å². The second-order valence-electron chi connectivity index (χ2n) is 7.92. The third kappa shape index (κ3) is 2.62. The number of benzene rings is 2. The predicted octanol–water partition coefficient (Wildman–Crippen LogP) is 5.39. The van der Waals surface area contributed by atoms with Crippen LogP contribution in [0.5, 0.6) is 0 Å². The van der Waals surface area contributed by atoms with Gasteiger partial charge >= 0.3 is 0 Å². The fourth-order valence-electron chi connectivity index (χ4n) is 4.21. The van der Waals surface area contributed by atoms with Gasteiger partial charge in [-0.05, 0) is 66.9 Å². The Balaban J connectivity index is 1.76. The molecule has 5 aromatic rings. The van der Waals surface area contributed by atoms with Crippen LogP contribution in [0.15, 0.2) is 66.9 Å². The van der Waals surface area contributed by atoms with E-state index in [0.29, 0.717) is 0 Å². The van der Waals surface area contributed by atoms with E-state index in [1.165, 1.54) is 57.1 Å². The highest BCUT2D eigenvalue weighted by molar-refractivity contribution is 5.88. The number of fused-ring (bicyclic) bond motifs is 7. The van der Waals surface area contributed by atoms with Crippen LogP contribution in [0.2, 0.25) is 0 Å². The number of unbranched alkanes of at least 4 members (excludes halogenated alkanes) is 1. The van der Waals surface area contributed by atoms with E-state index in [9.17, 15) is 0 Å². The number of imidazole rings is 1. The van der Waals surface area contributed by atoms with E-state index >= 15 is 0 Å². The third-order valence-corrected chi connectivity index (χ3v) is 5.78. The van der Waals surface area contributed by atoms with Crippen LogP contribution in [-0.4, -0.2) is 18.5 Å². The van der Waals surface area contributed by atoms with Crippen molar-refractivity contribution in [2.45, 2.75) is 26.2 Å². The lowest BCUT2D eigenvalue weighted by Crippen LogP contribution is -2.19. The Hall–Kier alpha value is -3.07. The van der Waals surface area contributed by atoms with Crippen LogP contribution < -0.4 is 9.30 Å². The van der Waals surface area contributed by atoms with Crippen molar-refractivity contribution in [2.24, 2.45) is 0 Å². The Labute approximate surface area is 165 Å². The van der Waals surface area contributed by atoms with Gasteiger partial charge in [-0.25, -0.2) is 0 Å². The average molecular weight is 369 g/mol. The lowest BCUT2D eigenvalue weighted by Gasteiger charge is -2.12. The van der Waals surface area contributed by atoms with Gasteiger partial charge in [0, 0.05) is 36.6 Å². The molecule has 0 bridgehead atoms. The molecule has 3 nitrogen and oxygen atoms in total. The molecule has 0 amide bonds. The average Bonchev–Trinajstić information content (AvgIpc) is 3.11. The van der Waals surface area contributed by atoms with Gasteiger partial charge in [-0.15, -0.1) is 0 Å². The summed E-state index contributed by atoms with van der Waals surface area (Å²) in [4.78, 5) is 2.15. The first-order chi connectivity index (χ1) is 13.7. The fourth-order valence-corrected chi connectivity index (χ4v) is 4.21. The van der Waals surface area contributed by atoms with Crippen LogP contribution in [0.25, 0.3) is 33.0 Å². The van der Waals surface area contributed by atoms with E-state index in [2.05, 4.69) is 102 Å². The van der Waals surface area contributed by atoms with Crippen molar-refractivity contribution in [3.05, 3.63) is 72.4 Å². The lowest BCUT2D eigenvalue weighted by molar-refractivity contribution is -0.479. The summed E-state index contributed by atoms with van der Waals surface area (Å²) >= 11 is 0. The number of anilines is 1. The third-order valence-electron chi connectivity index (χ3n) is 5.78. The molecule has 0 aliphatic rings. The molecule has 5 rings (SSSR count). The van der Waals surface area contributed by atoms with E-state index in [0.717, 1.165) is 6.42 Å². The van der Waals surface area contributed by atoms with E-state index in [-0.39, 0.29) is 0 Å². The van der Waals surface area contributed by atoms with E-state index in [1.807, 2.05) is 0 Å². The lowest BCUT2D eigenvalue weighted by atomic mass is 10.1. The van der Waals surface area contributed by atoms with Crippen molar-refractivity contribution >= 4 is 38.7 Å². The molecule has 0 saturated heterocycles. The number of aromatic nitrogens is 2. The van der Waals surface area contributed by atoms with Crippen LogP contribution in [0.3, 0.4) is 0 Å². The molecule has 0 N–H and O–H groups in total. The number of aryl methyl sites for hydroxylation is 1. The highest BCUT2D eigenvalue weighted by atomic mass is 15.1. The fraction of sp³-hybridized carbons (Fsp3) is 0.240. The summed E-state index contributed by atoms with van der Waals surface area (Å²) in [6.07, 6.45) is 5.89. The largest absolute Gasteiger partial charge is 0.378 e. The Morgan fingerprint density at radius 1 is 0.893 bits per heavy atom. The Kier molecular flexibility index (Phi) is 3.97. The van der Waals surface area contributed by atoms with Crippen molar-refractivity contribution in [3.8, 4) is 0 Å². The summed E-state index contributed by atoms with van der Waals surface area (Å²) in [7, 11) is 4.17. The molecule has 3 aromatic heterocycles. The summed E-state index contributed by atoms with van der Waals surface area (Å²) in [5.74, 6) is 0. The first kappa shape index (κ1) is 17.1. The zero-order valence-corrected chi connectivity index (χ0v) is 16.8. The molecule has 28 heavy (non-hydrogen) atoms. The van der Waals surface area contributed by atoms with Crippen molar-refractivity contribution in [3.63, 3.8) is 0 Å². The second-order valence-corrected chi connectivity index (χ2v) is 7.92. The van der Waals surface area contributed by atoms with Crippen LogP contribution in [-0.2, 0) is 6.42 Å². The molecule has 2 aromatic carbocycles. The maximum atomic E-state index is 2.36. The maximum absolute atomic E-state index is 2.36. The highest BCUT2D eigenvalue weighted by Crippen LogP contribution is 2.25. The minimum absolute atomic E-state index is 1.16. The molecule has 0 radical (unpaired) electrons. The van der Waals surface area contributed by atoms with Crippen molar-refractivity contribution in [2.75, 3.05) is 19.0 Å². The Bertz CT molecular complexity index is 1330. The topological polar surface area (TPSA) is 11.8 Å². The van der Waals surface area contributed by atoms with Gasteiger partial charge in [0.2, 0.25) is 0 Å². The predicted molar refractivity (Wildman–Crippen MR) is 119 cm³/mol. The number of rotatable bonds is 4. The summed E-state index contributed by atoms with van der Waals surface area (Å²) in [6, 6.07) is 22.5. The number of nitrogens with zero attached hydrogens (tertiary/aromatic N) is 3. The van der Waals surface area contributed by atoms with Gasteiger partial charge in [-0.1, -0.05) is 19.4 Å². The zero-order valence-electron chi connectivity index (χ0n) is 16.8. The molecule has 0 unspecified atom stereocenters. The van der Waals surface area contributed by atoms with E-state index < -0.39 is 0 Å². The van der Waals surface area contributed by atoms with Gasteiger partial charge in [0.05, 0.1) is 0 Å². The minimum atomic E-state index is 1.16. The second kappa shape index (κ2) is 6.52. The number of hydrogen-bond donors (Lipinski definition) is 0. The normalized spacial score (nSPS) is 11.8. The Morgan fingerprint density at radius 2 is 1.75 bits per heavy atom. The molecular formula is C25H26N3+. The summed E-state index contributed by atoms with van der Waals surface area (Å²) < 4.78 is 4.69. The van der Waals surface area contributed by atoms with Gasteiger partial charge in [0.1, 0.15) is 17.2 Å². The molecule has 0 aliphatic heterocycles.